The maximum atomic E-state index is 12.1. The van der Waals surface area contributed by atoms with Gasteiger partial charge in [-0.2, -0.15) is 5.10 Å². The third-order valence-electron chi connectivity index (χ3n) is 4.01. The lowest BCUT2D eigenvalue weighted by Crippen LogP contribution is -2.25. The SMILES string of the molecule is COc1cc(/C=N\NC(=O)COc2c(C(C)C)cc(Br)c(C)c2Br)ccc1O. The minimum atomic E-state index is -0.385. The number of benzene rings is 2. The van der Waals surface area contributed by atoms with Gasteiger partial charge in [0.2, 0.25) is 0 Å². The molecular formula is C20H22Br2N2O4. The van der Waals surface area contributed by atoms with Gasteiger partial charge in [0.1, 0.15) is 5.75 Å². The second kappa shape index (κ2) is 9.93. The number of phenols is 1. The summed E-state index contributed by atoms with van der Waals surface area (Å²) < 4.78 is 12.6. The first-order chi connectivity index (χ1) is 13.2. The van der Waals surface area contributed by atoms with Crippen LogP contribution in [-0.4, -0.2) is 30.9 Å². The Kier molecular flexibility index (Phi) is 7.88. The van der Waals surface area contributed by atoms with Gasteiger partial charge in [0, 0.05) is 4.47 Å². The summed E-state index contributed by atoms with van der Waals surface area (Å²) in [5, 5.41) is 13.5. The summed E-state index contributed by atoms with van der Waals surface area (Å²) in [5.41, 5.74) is 5.09. The number of rotatable bonds is 7. The monoisotopic (exact) mass is 512 g/mol. The fourth-order valence-corrected chi connectivity index (χ4v) is 3.68. The van der Waals surface area contributed by atoms with Crippen LogP contribution in [0.25, 0.3) is 0 Å². The molecule has 1 amide bonds. The van der Waals surface area contributed by atoms with E-state index in [4.69, 9.17) is 9.47 Å². The van der Waals surface area contributed by atoms with Crippen molar-refractivity contribution in [2.75, 3.05) is 13.7 Å². The van der Waals surface area contributed by atoms with E-state index in [1.54, 1.807) is 12.1 Å². The molecule has 0 aliphatic heterocycles. The Morgan fingerprint density at radius 1 is 1.32 bits per heavy atom. The molecule has 0 atom stereocenters. The number of ether oxygens (including phenoxy) is 2. The highest BCUT2D eigenvalue weighted by Crippen LogP contribution is 2.40. The topological polar surface area (TPSA) is 80.2 Å². The van der Waals surface area contributed by atoms with Crippen molar-refractivity contribution in [2.24, 2.45) is 5.10 Å². The zero-order chi connectivity index (χ0) is 20.8. The van der Waals surface area contributed by atoms with E-state index in [-0.39, 0.29) is 24.2 Å². The van der Waals surface area contributed by atoms with Crippen molar-refractivity contribution in [3.05, 3.63) is 49.9 Å². The van der Waals surface area contributed by atoms with E-state index in [1.807, 2.05) is 13.0 Å². The molecule has 2 aromatic carbocycles. The Morgan fingerprint density at radius 2 is 2.04 bits per heavy atom. The highest BCUT2D eigenvalue weighted by molar-refractivity contribution is 9.11. The van der Waals surface area contributed by atoms with Gasteiger partial charge < -0.3 is 14.6 Å². The van der Waals surface area contributed by atoms with Gasteiger partial charge in [-0.1, -0.05) is 29.8 Å². The van der Waals surface area contributed by atoms with Crippen LogP contribution in [0.15, 0.2) is 38.3 Å². The molecule has 0 fully saturated rings. The number of nitrogens with zero attached hydrogens (tertiary/aromatic N) is 1. The van der Waals surface area contributed by atoms with Crippen LogP contribution in [0.3, 0.4) is 0 Å². The number of carbonyl (C=O) groups excluding carboxylic acids is 1. The molecule has 0 bridgehead atoms. The molecule has 0 unspecified atom stereocenters. The van der Waals surface area contributed by atoms with Gasteiger partial charge in [0.25, 0.3) is 5.91 Å². The number of halogens is 2. The van der Waals surface area contributed by atoms with E-state index in [9.17, 15) is 9.90 Å². The quantitative estimate of drug-likeness (QED) is 0.408. The third-order valence-corrected chi connectivity index (χ3v) is 5.79. The van der Waals surface area contributed by atoms with Crippen LogP contribution in [-0.2, 0) is 4.79 Å². The molecule has 0 radical (unpaired) electrons. The van der Waals surface area contributed by atoms with E-state index in [0.717, 1.165) is 20.1 Å². The Labute approximate surface area is 181 Å². The molecule has 0 heterocycles. The summed E-state index contributed by atoms with van der Waals surface area (Å²) in [5.74, 6) is 0.861. The number of amides is 1. The maximum absolute atomic E-state index is 12.1. The molecule has 150 valence electrons. The number of methoxy groups -OCH3 is 1. The highest BCUT2D eigenvalue weighted by Gasteiger charge is 2.17. The Hall–Kier alpha value is -2.06. The number of carbonyl (C=O) groups is 1. The average Bonchev–Trinajstić information content (AvgIpc) is 2.66. The minimum Gasteiger partial charge on any atom is -0.504 e. The van der Waals surface area contributed by atoms with Gasteiger partial charge in [0.15, 0.2) is 18.1 Å². The number of hydrazone groups is 1. The highest BCUT2D eigenvalue weighted by atomic mass is 79.9. The van der Waals surface area contributed by atoms with Crippen molar-refractivity contribution in [3.8, 4) is 17.2 Å². The average molecular weight is 514 g/mol. The standard InChI is InChI=1S/C20H22Br2N2O4/c1-11(2)14-8-15(21)12(3)19(22)20(14)28-10-18(26)24-23-9-13-5-6-16(25)17(7-13)27-4/h5-9,11,25H,10H2,1-4H3,(H,24,26)/b23-9-. The first-order valence-electron chi connectivity index (χ1n) is 8.54. The van der Waals surface area contributed by atoms with Crippen LogP contribution in [0.1, 0.15) is 36.5 Å². The van der Waals surface area contributed by atoms with Crippen LogP contribution in [0.2, 0.25) is 0 Å². The molecule has 0 saturated heterocycles. The zero-order valence-corrected chi connectivity index (χ0v) is 19.2. The van der Waals surface area contributed by atoms with E-state index in [1.165, 1.54) is 19.4 Å². The van der Waals surface area contributed by atoms with Crippen molar-refractivity contribution in [2.45, 2.75) is 26.7 Å². The van der Waals surface area contributed by atoms with Gasteiger partial charge in [-0.15, -0.1) is 0 Å². The number of hydrogen-bond donors (Lipinski definition) is 2. The van der Waals surface area contributed by atoms with Crippen molar-refractivity contribution in [1.82, 2.24) is 5.43 Å². The molecule has 28 heavy (non-hydrogen) atoms. The van der Waals surface area contributed by atoms with Gasteiger partial charge in [-0.3, -0.25) is 4.79 Å². The predicted octanol–water partition coefficient (Wildman–Crippen LogP) is 4.89. The summed E-state index contributed by atoms with van der Waals surface area (Å²) >= 11 is 7.10. The number of hydrogen-bond acceptors (Lipinski definition) is 5. The van der Waals surface area contributed by atoms with Crippen LogP contribution in [0.5, 0.6) is 17.2 Å². The summed E-state index contributed by atoms with van der Waals surface area (Å²) in [6.45, 7) is 5.91. The lowest BCUT2D eigenvalue weighted by Gasteiger charge is -2.18. The molecule has 0 spiro atoms. The largest absolute Gasteiger partial charge is 0.504 e. The summed E-state index contributed by atoms with van der Waals surface area (Å²) in [6, 6.07) is 6.76. The van der Waals surface area contributed by atoms with Crippen LogP contribution in [0.4, 0.5) is 0 Å². The molecule has 0 saturated carbocycles. The van der Waals surface area contributed by atoms with Gasteiger partial charge in [-0.25, -0.2) is 5.43 Å². The Bertz CT molecular complexity index is 898. The van der Waals surface area contributed by atoms with Gasteiger partial charge >= 0.3 is 0 Å². The molecule has 0 aromatic heterocycles. The predicted molar refractivity (Wildman–Crippen MR) is 117 cm³/mol. The molecule has 2 rings (SSSR count). The summed E-state index contributed by atoms with van der Waals surface area (Å²) in [4.78, 5) is 12.1. The number of nitrogens with one attached hydrogen (secondary N) is 1. The second-order valence-electron chi connectivity index (χ2n) is 6.38. The Balaban J connectivity index is 2.02. The van der Waals surface area contributed by atoms with Crippen molar-refractivity contribution < 1.29 is 19.4 Å². The lowest BCUT2D eigenvalue weighted by molar-refractivity contribution is -0.123. The fourth-order valence-electron chi connectivity index (χ4n) is 2.41. The number of aromatic hydroxyl groups is 1. The first-order valence-corrected chi connectivity index (χ1v) is 10.1. The van der Waals surface area contributed by atoms with Crippen molar-refractivity contribution in [3.63, 3.8) is 0 Å². The second-order valence-corrected chi connectivity index (χ2v) is 8.03. The Morgan fingerprint density at radius 3 is 2.68 bits per heavy atom. The molecular weight excluding hydrogens is 492 g/mol. The van der Waals surface area contributed by atoms with Crippen molar-refractivity contribution >= 4 is 44.0 Å². The first kappa shape index (κ1) is 22.2. The molecule has 0 aliphatic carbocycles. The molecule has 8 heteroatoms. The molecule has 2 N–H and O–H groups in total. The van der Waals surface area contributed by atoms with E-state index >= 15 is 0 Å². The van der Waals surface area contributed by atoms with Crippen molar-refractivity contribution in [1.29, 1.82) is 0 Å². The minimum absolute atomic E-state index is 0.0356. The molecule has 2 aromatic rings. The maximum Gasteiger partial charge on any atom is 0.277 e. The molecule has 6 nitrogen and oxygen atoms in total. The van der Waals surface area contributed by atoms with E-state index in [2.05, 4.69) is 56.2 Å². The third kappa shape index (κ3) is 5.48. The summed E-state index contributed by atoms with van der Waals surface area (Å²) in [7, 11) is 1.46. The number of phenolic OH excluding ortho intramolecular Hbond substituents is 1. The van der Waals surface area contributed by atoms with E-state index in [0.29, 0.717) is 17.1 Å². The molecule has 0 aliphatic rings. The van der Waals surface area contributed by atoms with Crippen LogP contribution in [0, 0.1) is 6.92 Å². The smallest absolute Gasteiger partial charge is 0.277 e. The zero-order valence-electron chi connectivity index (χ0n) is 16.0. The fraction of sp³-hybridized carbons (Fsp3) is 0.300. The van der Waals surface area contributed by atoms with E-state index < -0.39 is 0 Å². The summed E-state index contributed by atoms with van der Waals surface area (Å²) in [6.07, 6.45) is 1.46. The lowest BCUT2D eigenvalue weighted by atomic mass is 10.0. The van der Waals surface area contributed by atoms with Crippen LogP contribution >= 0.6 is 31.9 Å². The van der Waals surface area contributed by atoms with Gasteiger partial charge in [-0.05, 0) is 69.7 Å². The van der Waals surface area contributed by atoms with Crippen LogP contribution < -0.4 is 14.9 Å². The normalized spacial score (nSPS) is 11.1. The van der Waals surface area contributed by atoms with Gasteiger partial charge in [0.05, 0.1) is 17.8 Å².